The Kier molecular flexibility index (Phi) is 41.6. The zero-order valence-electron chi connectivity index (χ0n) is 42.0. The van der Waals surface area contributed by atoms with E-state index in [1.165, 1.54) is 250 Å². The van der Waals surface area contributed by atoms with Crippen molar-refractivity contribution < 1.29 is 19.8 Å². The van der Waals surface area contributed by atoms with E-state index in [1.54, 1.807) is 6.07 Å². The van der Waals surface area contributed by atoms with E-state index in [4.69, 9.17) is 0 Å². The van der Waals surface area contributed by atoms with Crippen molar-refractivity contribution in [1.29, 1.82) is 0 Å². The van der Waals surface area contributed by atoms with Crippen molar-refractivity contribution in [3.05, 3.63) is 33.9 Å². The Morgan fingerprint density at radius 3 is 0.774 bits per heavy atom. The summed E-state index contributed by atoms with van der Waals surface area (Å²) in [6, 6.07) is 1.77. The van der Waals surface area contributed by atoms with Crippen molar-refractivity contribution in [2.24, 2.45) is 0 Å². The van der Waals surface area contributed by atoms with Gasteiger partial charge in [-0.05, 0) is 61.3 Å². The van der Waals surface area contributed by atoms with Crippen LogP contribution in [0.5, 0.6) is 0 Å². The van der Waals surface area contributed by atoms with Gasteiger partial charge in [0.15, 0.2) is 0 Å². The highest BCUT2D eigenvalue weighted by Gasteiger charge is 2.25. The maximum Gasteiger partial charge on any atom is 0.336 e. The fraction of sp³-hybridized carbons (Fsp3) is 0.862. The third kappa shape index (κ3) is 32.8. The van der Waals surface area contributed by atoms with Crippen LogP contribution in [-0.4, -0.2) is 22.2 Å². The number of carboxylic acid groups (broad SMARTS) is 2. The number of carbonyl (C=O) groups is 2. The second-order valence-electron chi connectivity index (χ2n) is 19.8. The predicted octanol–water partition coefficient (Wildman–Crippen LogP) is 19.9. The molecule has 0 bridgehead atoms. The minimum atomic E-state index is -1.10. The van der Waals surface area contributed by atoms with Crippen molar-refractivity contribution >= 4 is 11.9 Å². The highest BCUT2D eigenvalue weighted by Crippen LogP contribution is 2.30. The zero-order valence-corrected chi connectivity index (χ0v) is 42.0. The van der Waals surface area contributed by atoms with Crippen LogP contribution in [0.1, 0.15) is 341 Å². The number of benzene rings is 1. The molecule has 1 aromatic rings. The van der Waals surface area contributed by atoms with Gasteiger partial charge in [0.1, 0.15) is 0 Å². The van der Waals surface area contributed by atoms with Gasteiger partial charge in [-0.2, -0.15) is 0 Å². The molecule has 4 heteroatoms. The molecular formula is C58H106O4. The van der Waals surface area contributed by atoms with Gasteiger partial charge < -0.3 is 10.2 Å². The Morgan fingerprint density at radius 2 is 0.532 bits per heavy atom. The van der Waals surface area contributed by atoms with Crippen molar-refractivity contribution in [3.8, 4) is 0 Å². The molecule has 62 heavy (non-hydrogen) atoms. The van der Waals surface area contributed by atoms with Gasteiger partial charge in [0, 0.05) is 0 Å². The van der Waals surface area contributed by atoms with Gasteiger partial charge in [-0.25, -0.2) is 9.59 Å². The topological polar surface area (TPSA) is 74.6 Å². The fourth-order valence-electron chi connectivity index (χ4n) is 9.92. The largest absolute Gasteiger partial charge is 0.478 e. The standard InChI is InChI=1S/C58H106O4/c1-4-7-10-13-16-19-22-25-28-29-32-35-38-41-44-47-50-54-53(49-46-43-40-37-34-31-27-24-21-18-15-12-9-6-3)52(51-55(57(59)60)56(54)58(61)62)48-45-42-39-36-33-30-26-23-20-17-14-11-8-5-2/h51H,4-50H2,1-3H3,(H,59,60)(H,61,62). The van der Waals surface area contributed by atoms with E-state index < -0.39 is 11.9 Å². The predicted molar refractivity (Wildman–Crippen MR) is 272 cm³/mol. The van der Waals surface area contributed by atoms with Crippen LogP contribution in [0.15, 0.2) is 6.07 Å². The maximum absolute atomic E-state index is 12.8. The number of aromatic carboxylic acids is 2. The summed E-state index contributed by atoms with van der Waals surface area (Å²) in [5, 5.41) is 20.8. The molecule has 0 fully saturated rings. The minimum absolute atomic E-state index is 0.00839. The number of carboxylic acids is 2. The molecule has 0 saturated heterocycles. The third-order valence-corrected chi connectivity index (χ3v) is 13.9. The average molecular weight is 867 g/mol. The average Bonchev–Trinajstić information content (AvgIpc) is 3.26. The first kappa shape index (κ1) is 58.2. The second-order valence-corrected chi connectivity index (χ2v) is 19.8. The highest BCUT2D eigenvalue weighted by atomic mass is 16.4. The molecule has 0 amide bonds. The Balaban J connectivity index is 2.71. The lowest BCUT2D eigenvalue weighted by atomic mass is 9.84. The van der Waals surface area contributed by atoms with Crippen LogP contribution in [-0.2, 0) is 19.3 Å². The van der Waals surface area contributed by atoms with Gasteiger partial charge in [-0.15, -0.1) is 0 Å². The maximum atomic E-state index is 12.8. The number of hydrogen-bond donors (Lipinski definition) is 2. The lowest BCUT2D eigenvalue weighted by Crippen LogP contribution is -2.16. The van der Waals surface area contributed by atoms with E-state index in [9.17, 15) is 19.8 Å². The van der Waals surface area contributed by atoms with Gasteiger partial charge in [0.2, 0.25) is 0 Å². The lowest BCUT2D eigenvalue weighted by molar-refractivity contribution is 0.0650. The molecule has 0 aliphatic rings. The summed E-state index contributed by atoms with van der Waals surface area (Å²) in [5.74, 6) is -2.17. The SMILES string of the molecule is CCCCCCCCCCCCCCCCCCc1c(CCCCCCCCCCCCCCCC)c(CCCCCCCCCCCCCCCC)cc(C(=O)O)c1C(=O)O. The van der Waals surface area contributed by atoms with E-state index in [2.05, 4.69) is 20.8 Å². The molecule has 0 aliphatic heterocycles. The molecule has 0 aliphatic carbocycles. The molecule has 0 saturated carbocycles. The Bertz CT molecular complexity index is 1160. The molecule has 0 atom stereocenters. The summed E-state index contributed by atoms with van der Waals surface area (Å²) in [5.41, 5.74) is 3.23. The van der Waals surface area contributed by atoms with Crippen LogP contribution in [0.3, 0.4) is 0 Å². The van der Waals surface area contributed by atoms with Crippen LogP contribution >= 0.6 is 0 Å². The Hall–Kier alpha value is -1.84. The van der Waals surface area contributed by atoms with Crippen molar-refractivity contribution in [2.45, 2.75) is 323 Å². The first-order valence-electron chi connectivity index (χ1n) is 28.1. The molecule has 0 heterocycles. The highest BCUT2D eigenvalue weighted by molar-refractivity contribution is 6.03. The van der Waals surface area contributed by atoms with E-state index in [0.717, 1.165) is 62.5 Å². The van der Waals surface area contributed by atoms with E-state index in [0.29, 0.717) is 6.42 Å². The van der Waals surface area contributed by atoms with Crippen LogP contribution < -0.4 is 0 Å². The molecule has 1 aromatic carbocycles. The first-order valence-corrected chi connectivity index (χ1v) is 28.1. The van der Waals surface area contributed by atoms with Crippen molar-refractivity contribution in [2.75, 3.05) is 0 Å². The molecule has 362 valence electrons. The smallest absolute Gasteiger partial charge is 0.336 e. The molecular weight excluding hydrogens is 761 g/mol. The van der Waals surface area contributed by atoms with Crippen molar-refractivity contribution in [3.63, 3.8) is 0 Å². The summed E-state index contributed by atoms with van der Waals surface area (Å²) in [6.45, 7) is 6.85. The van der Waals surface area contributed by atoms with Crippen molar-refractivity contribution in [1.82, 2.24) is 0 Å². The molecule has 0 radical (unpaired) electrons. The fourth-order valence-corrected chi connectivity index (χ4v) is 9.92. The summed E-state index contributed by atoms with van der Waals surface area (Å²) in [4.78, 5) is 25.4. The second kappa shape index (κ2) is 44.4. The van der Waals surface area contributed by atoms with Crippen LogP contribution in [0, 0.1) is 0 Å². The van der Waals surface area contributed by atoms with Crippen LogP contribution in [0.4, 0.5) is 0 Å². The number of rotatable bonds is 49. The third-order valence-electron chi connectivity index (χ3n) is 13.9. The van der Waals surface area contributed by atoms with Gasteiger partial charge in [-0.1, -0.05) is 284 Å². The lowest BCUT2D eigenvalue weighted by Gasteiger charge is -2.20. The van der Waals surface area contributed by atoms with E-state index >= 15 is 0 Å². The Labute approximate surface area is 386 Å². The molecule has 4 nitrogen and oxygen atoms in total. The van der Waals surface area contributed by atoms with Crippen LogP contribution in [0.2, 0.25) is 0 Å². The number of hydrogen-bond acceptors (Lipinski definition) is 2. The minimum Gasteiger partial charge on any atom is -0.478 e. The molecule has 0 spiro atoms. The quantitative estimate of drug-likeness (QED) is 0.0640. The molecule has 2 N–H and O–H groups in total. The van der Waals surface area contributed by atoms with Gasteiger partial charge >= 0.3 is 11.9 Å². The summed E-state index contributed by atoms with van der Waals surface area (Å²) < 4.78 is 0. The van der Waals surface area contributed by atoms with E-state index in [-0.39, 0.29) is 11.1 Å². The normalized spacial score (nSPS) is 11.5. The molecule has 0 unspecified atom stereocenters. The number of aryl methyl sites for hydroxylation is 1. The van der Waals surface area contributed by atoms with E-state index in [1.807, 2.05) is 0 Å². The van der Waals surface area contributed by atoms with Gasteiger partial charge in [0.05, 0.1) is 11.1 Å². The van der Waals surface area contributed by atoms with Gasteiger partial charge in [-0.3, -0.25) is 0 Å². The molecule has 1 rings (SSSR count). The molecule has 0 aromatic heterocycles. The summed E-state index contributed by atoms with van der Waals surface area (Å²) >= 11 is 0. The summed E-state index contributed by atoms with van der Waals surface area (Å²) in [7, 11) is 0. The van der Waals surface area contributed by atoms with Crippen LogP contribution in [0.25, 0.3) is 0 Å². The number of unbranched alkanes of at least 4 members (excludes halogenated alkanes) is 41. The van der Waals surface area contributed by atoms with Gasteiger partial charge in [0.25, 0.3) is 0 Å². The zero-order chi connectivity index (χ0) is 45.0. The first-order chi connectivity index (χ1) is 30.5. The summed E-state index contributed by atoms with van der Waals surface area (Å²) in [6.07, 6.45) is 60.3. The monoisotopic (exact) mass is 867 g/mol. The Morgan fingerprint density at radius 1 is 0.306 bits per heavy atom.